The fraction of sp³-hybridized carbons (Fsp3) is 0.467. The van der Waals surface area contributed by atoms with Gasteiger partial charge in [0.15, 0.2) is 0 Å². The Morgan fingerprint density at radius 2 is 1.75 bits per heavy atom. The van der Waals surface area contributed by atoms with Crippen molar-refractivity contribution in [2.45, 2.75) is 19.3 Å². The Bertz CT molecular complexity index is 484. The summed E-state index contributed by atoms with van der Waals surface area (Å²) in [4.78, 5) is 26.7. The van der Waals surface area contributed by atoms with Crippen molar-refractivity contribution in [2.24, 2.45) is 5.73 Å². The molecule has 2 N–H and O–H groups in total. The predicted molar refractivity (Wildman–Crippen MR) is 78.4 cm³/mol. The first-order chi connectivity index (χ1) is 9.63. The summed E-state index contributed by atoms with van der Waals surface area (Å²) >= 11 is 0. The Hall–Kier alpha value is -1.88. The summed E-state index contributed by atoms with van der Waals surface area (Å²) < 4.78 is 0. The van der Waals surface area contributed by atoms with Crippen molar-refractivity contribution in [3.05, 3.63) is 29.8 Å². The van der Waals surface area contributed by atoms with Crippen molar-refractivity contribution < 1.29 is 9.59 Å². The molecule has 1 fully saturated rings. The molecule has 1 aliphatic heterocycles. The molecule has 1 aromatic rings. The molecule has 0 spiro atoms. The van der Waals surface area contributed by atoms with Gasteiger partial charge in [0, 0.05) is 12.7 Å². The second kappa shape index (κ2) is 6.52. The van der Waals surface area contributed by atoms with Gasteiger partial charge in [0.25, 0.3) is 0 Å². The Labute approximate surface area is 119 Å². The fourth-order valence-electron chi connectivity index (χ4n) is 2.39. The quantitative estimate of drug-likeness (QED) is 0.637. The van der Waals surface area contributed by atoms with Crippen LogP contribution < -0.4 is 10.6 Å². The van der Waals surface area contributed by atoms with Crippen LogP contribution in [0.5, 0.6) is 0 Å². The second-order valence-electron chi connectivity index (χ2n) is 5.08. The number of carbonyl (C=O) groups excluding carboxylic acids is 2. The molecule has 1 aromatic carbocycles. The summed E-state index contributed by atoms with van der Waals surface area (Å²) in [5.41, 5.74) is 7.68. The van der Waals surface area contributed by atoms with Gasteiger partial charge >= 0.3 is 0 Å². The van der Waals surface area contributed by atoms with E-state index in [9.17, 15) is 9.59 Å². The smallest absolute Gasteiger partial charge is 0.248 e. The number of nitrogens with zero attached hydrogens (tertiary/aromatic N) is 2. The van der Waals surface area contributed by atoms with Crippen LogP contribution in [0.25, 0.3) is 0 Å². The topological polar surface area (TPSA) is 66.6 Å². The zero-order valence-corrected chi connectivity index (χ0v) is 11.8. The third-order valence-electron chi connectivity index (χ3n) is 3.63. The molecule has 1 saturated heterocycles. The first-order valence-electron chi connectivity index (χ1n) is 6.95. The first-order valence-corrected chi connectivity index (χ1v) is 6.95. The number of hydrogen-bond donors (Lipinski definition) is 1. The molecule has 0 unspecified atom stereocenters. The first kappa shape index (κ1) is 14.5. The number of anilines is 1. The van der Waals surface area contributed by atoms with Gasteiger partial charge in [-0.2, -0.15) is 0 Å². The van der Waals surface area contributed by atoms with Crippen LogP contribution in [-0.4, -0.2) is 43.4 Å². The van der Waals surface area contributed by atoms with Gasteiger partial charge in [-0.15, -0.1) is 0 Å². The maximum Gasteiger partial charge on any atom is 0.248 e. The Morgan fingerprint density at radius 3 is 2.40 bits per heavy atom. The average molecular weight is 275 g/mol. The van der Waals surface area contributed by atoms with Gasteiger partial charge in [-0.05, 0) is 37.4 Å². The highest BCUT2D eigenvalue weighted by molar-refractivity contribution is 6.02. The van der Waals surface area contributed by atoms with Crippen LogP contribution in [0.15, 0.2) is 24.3 Å². The van der Waals surface area contributed by atoms with Gasteiger partial charge in [-0.3, -0.25) is 14.5 Å². The van der Waals surface area contributed by atoms with E-state index in [1.807, 2.05) is 23.1 Å². The number of unbranched alkanes of at least 4 members (excludes halogenated alkanes) is 1. The van der Waals surface area contributed by atoms with Crippen LogP contribution in [0.1, 0.15) is 18.4 Å². The number of amides is 2. The molecule has 2 rings (SSSR count). The van der Waals surface area contributed by atoms with E-state index in [1.165, 1.54) is 17.5 Å². The molecule has 1 aliphatic rings. The average Bonchev–Trinajstić information content (AvgIpc) is 2.45. The van der Waals surface area contributed by atoms with Gasteiger partial charge in [-0.1, -0.05) is 18.2 Å². The van der Waals surface area contributed by atoms with E-state index in [4.69, 9.17) is 5.73 Å². The van der Waals surface area contributed by atoms with E-state index in [0.29, 0.717) is 6.54 Å². The number of nitrogens with two attached hydrogens (primary N) is 1. The van der Waals surface area contributed by atoms with Gasteiger partial charge in [0.05, 0.1) is 13.1 Å². The fourth-order valence-corrected chi connectivity index (χ4v) is 2.39. The van der Waals surface area contributed by atoms with Crippen LogP contribution in [0.4, 0.5) is 5.69 Å². The minimum Gasteiger partial charge on any atom is -0.353 e. The number of hydrogen-bond acceptors (Lipinski definition) is 4. The van der Waals surface area contributed by atoms with Gasteiger partial charge < -0.3 is 10.6 Å². The normalized spacial score (nSPS) is 15.9. The Kier molecular flexibility index (Phi) is 4.74. The summed E-state index contributed by atoms with van der Waals surface area (Å²) in [6, 6.07) is 7.96. The number of rotatable bonds is 5. The molecule has 2 amide bonds. The molecule has 1 heterocycles. The summed E-state index contributed by atoms with van der Waals surface area (Å²) in [7, 11) is 1.54. The lowest BCUT2D eigenvalue weighted by Gasteiger charge is -2.33. The molecule has 108 valence electrons. The van der Waals surface area contributed by atoms with E-state index in [-0.39, 0.29) is 24.9 Å². The van der Waals surface area contributed by atoms with Crippen LogP contribution in [0.3, 0.4) is 0 Å². The molecule has 0 aromatic heterocycles. The molecule has 5 heteroatoms. The predicted octanol–water partition coefficient (Wildman–Crippen LogP) is 0.773. The SMILES string of the molecule is CN1C(=O)CN(c2ccccc2CCCCN)CC1=O. The maximum atomic E-state index is 11.8. The molecule has 0 atom stereocenters. The van der Waals surface area contributed by atoms with Crippen molar-refractivity contribution in [3.8, 4) is 0 Å². The monoisotopic (exact) mass is 275 g/mol. The highest BCUT2D eigenvalue weighted by Crippen LogP contribution is 2.23. The lowest BCUT2D eigenvalue weighted by molar-refractivity contribution is -0.143. The van der Waals surface area contributed by atoms with Gasteiger partial charge in [0.1, 0.15) is 0 Å². The summed E-state index contributed by atoms with van der Waals surface area (Å²) in [6.45, 7) is 1.21. The van der Waals surface area contributed by atoms with Crippen LogP contribution in [-0.2, 0) is 16.0 Å². The highest BCUT2D eigenvalue weighted by Gasteiger charge is 2.28. The van der Waals surface area contributed by atoms with E-state index >= 15 is 0 Å². The zero-order chi connectivity index (χ0) is 14.5. The lowest BCUT2D eigenvalue weighted by Crippen LogP contribution is -2.52. The van der Waals surface area contributed by atoms with Crippen molar-refractivity contribution in [1.82, 2.24) is 4.90 Å². The van der Waals surface area contributed by atoms with Crippen molar-refractivity contribution in [3.63, 3.8) is 0 Å². The number of para-hydroxylation sites is 1. The molecule has 0 bridgehead atoms. The number of carbonyl (C=O) groups is 2. The number of likely N-dealkylation sites (N-methyl/N-ethyl adjacent to an activating group) is 1. The summed E-state index contributed by atoms with van der Waals surface area (Å²) in [5.74, 6) is -0.309. The third-order valence-corrected chi connectivity index (χ3v) is 3.63. The van der Waals surface area contributed by atoms with E-state index in [0.717, 1.165) is 24.9 Å². The minimum atomic E-state index is -0.155. The van der Waals surface area contributed by atoms with E-state index in [2.05, 4.69) is 6.07 Å². The minimum absolute atomic E-state index is 0.155. The Morgan fingerprint density at radius 1 is 1.10 bits per heavy atom. The number of aryl methyl sites for hydroxylation is 1. The summed E-state index contributed by atoms with van der Waals surface area (Å²) in [5, 5.41) is 0. The second-order valence-corrected chi connectivity index (χ2v) is 5.08. The van der Waals surface area contributed by atoms with Crippen molar-refractivity contribution >= 4 is 17.5 Å². The van der Waals surface area contributed by atoms with Gasteiger partial charge in [-0.25, -0.2) is 0 Å². The van der Waals surface area contributed by atoms with Crippen molar-refractivity contribution in [2.75, 3.05) is 31.6 Å². The Balaban J connectivity index is 2.15. The van der Waals surface area contributed by atoms with Crippen molar-refractivity contribution in [1.29, 1.82) is 0 Å². The number of imide groups is 1. The van der Waals surface area contributed by atoms with Crippen LogP contribution in [0, 0.1) is 0 Å². The molecule has 0 radical (unpaired) electrons. The van der Waals surface area contributed by atoms with Gasteiger partial charge in [0.2, 0.25) is 11.8 Å². The molecular formula is C15H21N3O2. The molecular weight excluding hydrogens is 254 g/mol. The highest BCUT2D eigenvalue weighted by atomic mass is 16.2. The third kappa shape index (κ3) is 3.17. The number of piperazine rings is 1. The van der Waals surface area contributed by atoms with Crippen LogP contribution in [0.2, 0.25) is 0 Å². The largest absolute Gasteiger partial charge is 0.353 e. The molecule has 20 heavy (non-hydrogen) atoms. The molecule has 0 aliphatic carbocycles. The zero-order valence-electron chi connectivity index (χ0n) is 11.8. The summed E-state index contributed by atoms with van der Waals surface area (Å²) in [6.07, 6.45) is 2.92. The standard InChI is InChI=1S/C15H21N3O2/c1-17-14(19)10-18(11-15(17)20)13-8-3-2-6-12(13)7-4-5-9-16/h2-3,6,8H,4-5,7,9-11,16H2,1H3. The lowest BCUT2D eigenvalue weighted by atomic mass is 10.0. The maximum absolute atomic E-state index is 11.8. The van der Waals surface area contributed by atoms with Crippen LogP contribution >= 0.6 is 0 Å². The molecule has 5 nitrogen and oxygen atoms in total. The molecule has 0 saturated carbocycles. The van der Waals surface area contributed by atoms with E-state index < -0.39 is 0 Å². The number of benzene rings is 1. The van der Waals surface area contributed by atoms with E-state index in [1.54, 1.807) is 0 Å².